The van der Waals surface area contributed by atoms with Crippen LogP contribution >= 0.6 is 0 Å². The van der Waals surface area contributed by atoms with Crippen LogP contribution in [0.1, 0.15) is 60.1 Å². The predicted molar refractivity (Wildman–Crippen MR) is 151 cm³/mol. The molecule has 0 amide bonds. The molecular formula is C28H33F5N8O3. The molecular weight excluding hydrogens is 591 g/mol. The van der Waals surface area contributed by atoms with E-state index in [1.807, 2.05) is 41.5 Å². The highest BCUT2D eigenvalue weighted by Crippen LogP contribution is 2.36. The molecule has 44 heavy (non-hydrogen) atoms. The summed E-state index contributed by atoms with van der Waals surface area (Å²) >= 11 is 0. The van der Waals surface area contributed by atoms with Crippen molar-refractivity contribution >= 4 is 16.9 Å². The summed E-state index contributed by atoms with van der Waals surface area (Å²) in [5, 5.41) is 15.1. The van der Waals surface area contributed by atoms with Gasteiger partial charge in [0.25, 0.3) is 6.43 Å². The largest absolute Gasteiger partial charge is 0.471 e. The third-order valence-electron chi connectivity index (χ3n) is 5.80. The lowest BCUT2D eigenvalue weighted by atomic mass is 10.1. The zero-order valence-electron chi connectivity index (χ0n) is 25.4. The molecule has 238 valence electrons. The molecule has 0 aromatic carbocycles. The molecule has 11 nitrogen and oxygen atoms in total. The van der Waals surface area contributed by atoms with Crippen molar-refractivity contribution in [1.82, 2.24) is 34.9 Å². The number of aromatic nitrogens is 7. The number of pyridine rings is 1. The Morgan fingerprint density at radius 3 is 2.20 bits per heavy atom. The van der Waals surface area contributed by atoms with E-state index in [0.29, 0.717) is 5.56 Å². The highest BCUT2D eigenvalue weighted by Gasteiger charge is 2.36. The van der Waals surface area contributed by atoms with E-state index >= 15 is 0 Å². The van der Waals surface area contributed by atoms with E-state index < -0.39 is 35.9 Å². The lowest BCUT2D eigenvalue weighted by Gasteiger charge is -2.24. The van der Waals surface area contributed by atoms with Crippen LogP contribution in [0.4, 0.5) is 27.8 Å². The Kier molecular flexibility index (Phi) is 8.85. The molecule has 4 heterocycles. The standard InChI is InChI=1S/C28H33F5N8O3/c1-14(28(31,32)33)36-19-11-15(9-10-34-19)20(21(29)30)42-24-16-12-18(38-39-22(16)41(8)40-24)17-13-35-25(44-27(5,6)7)37-23(17)43-26(2,3)4/h9-14,20-21H,1-8H3,(H,34,36)/t14-,20+/m0/s1. The molecule has 4 aromatic rings. The number of ether oxygens (including phenoxy) is 3. The summed E-state index contributed by atoms with van der Waals surface area (Å²) in [6, 6.07) is 1.94. The van der Waals surface area contributed by atoms with Gasteiger partial charge in [0.2, 0.25) is 11.8 Å². The van der Waals surface area contributed by atoms with E-state index in [4.69, 9.17) is 14.2 Å². The molecule has 0 spiro atoms. The molecule has 4 aromatic heterocycles. The molecule has 0 saturated carbocycles. The number of fused-ring (bicyclic) bond motifs is 1. The minimum atomic E-state index is -4.56. The lowest BCUT2D eigenvalue weighted by molar-refractivity contribution is -0.138. The number of alkyl halides is 5. The van der Waals surface area contributed by atoms with Gasteiger partial charge in [-0.1, -0.05) is 0 Å². The summed E-state index contributed by atoms with van der Waals surface area (Å²) in [6.07, 6.45) is -6.97. The van der Waals surface area contributed by atoms with E-state index in [-0.39, 0.29) is 45.9 Å². The topological polar surface area (TPSA) is 122 Å². The average molecular weight is 625 g/mol. The van der Waals surface area contributed by atoms with Gasteiger partial charge in [-0.25, -0.2) is 23.4 Å². The van der Waals surface area contributed by atoms with Crippen molar-refractivity contribution in [2.45, 2.75) is 84.4 Å². The summed E-state index contributed by atoms with van der Waals surface area (Å²) in [7, 11) is 1.53. The van der Waals surface area contributed by atoms with Crippen molar-refractivity contribution in [2.24, 2.45) is 7.05 Å². The molecule has 0 unspecified atom stereocenters. The first-order valence-electron chi connectivity index (χ1n) is 13.5. The first-order chi connectivity index (χ1) is 20.3. The quantitative estimate of drug-likeness (QED) is 0.212. The van der Waals surface area contributed by atoms with Gasteiger partial charge in [-0.3, -0.25) is 0 Å². The van der Waals surface area contributed by atoms with Gasteiger partial charge in [0.05, 0.1) is 10.9 Å². The van der Waals surface area contributed by atoms with Crippen molar-refractivity contribution < 1.29 is 36.2 Å². The summed E-state index contributed by atoms with van der Waals surface area (Å²) in [4.78, 5) is 12.5. The van der Waals surface area contributed by atoms with Crippen LogP contribution in [0.2, 0.25) is 0 Å². The second-order valence-electron chi connectivity index (χ2n) is 12.0. The number of hydrogen-bond acceptors (Lipinski definition) is 10. The van der Waals surface area contributed by atoms with Gasteiger partial charge in [-0.15, -0.1) is 15.3 Å². The monoisotopic (exact) mass is 624 g/mol. The Bertz CT molecular complexity index is 1620. The minimum absolute atomic E-state index is 0.0792. The van der Waals surface area contributed by atoms with Crippen molar-refractivity contribution in [3.05, 3.63) is 36.2 Å². The zero-order valence-corrected chi connectivity index (χ0v) is 25.4. The zero-order chi connectivity index (χ0) is 32.6. The maximum atomic E-state index is 14.3. The van der Waals surface area contributed by atoms with E-state index in [2.05, 4.69) is 35.6 Å². The van der Waals surface area contributed by atoms with Gasteiger partial charge >= 0.3 is 12.2 Å². The summed E-state index contributed by atoms with van der Waals surface area (Å²) in [6.45, 7) is 11.9. The van der Waals surface area contributed by atoms with Gasteiger partial charge in [-0.2, -0.15) is 18.2 Å². The molecule has 1 N–H and O–H groups in total. The number of nitrogens with zero attached hydrogens (tertiary/aromatic N) is 7. The molecule has 0 saturated heterocycles. The second kappa shape index (κ2) is 12.0. The van der Waals surface area contributed by atoms with Crippen LogP contribution in [0, 0.1) is 0 Å². The molecule has 2 atom stereocenters. The van der Waals surface area contributed by atoms with Crippen LogP contribution in [0.3, 0.4) is 0 Å². The lowest BCUT2D eigenvalue weighted by Crippen LogP contribution is -2.33. The van der Waals surface area contributed by atoms with Crippen LogP contribution in [0.5, 0.6) is 17.8 Å². The third kappa shape index (κ3) is 7.96. The third-order valence-corrected chi connectivity index (χ3v) is 5.80. The van der Waals surface area contributed by atoms with Crippen LogP contribution in [-0.2, 0) is 7.05 Å². The number of hydrogen-bond donors (Lipinski definition) is 1. The van der Waals surface area contributed by atoms with Crippen molar-refractivity contribution in [2.75, 3.05) is 5.32 Å². The number of halogens is 5. The first kappa shape index (κ1) is 32.5. The second-order valence-corrected chi connectivity index (χ2v) is 12.0. The fraction of sp³-hybridized carbons (Fsp3) is 0.500. The molecule has 0 radical (unpaired) electrons. The maximum Gasteiger partial charge on any atom is 0.408 e. The Balaban J connectivity index is 1.73. The molecule has 0 aliphatic rings. The predicted octanol–water partition coefficient (Wildman–Crippen LogP) is 6.32. The summed E-state index contributed by atoms with van der Waals surface area (Å²) in [5.74, 6) is -0.293. The van der Waals surface area contributed by atoms with Crippen LogP contribution in [-0.4, -0.2) is 64.8 Å². The Morgan fingerprint density at radius 2 is 1.59 bits per heavy atom. The van der Waals surface area contributed by atoms with Gasteiger partial charge in [0, 0.05) is 25.0 Å². The average Bonchev–Trinajstić information content (AvgIpc) is 3.19. The number of anilines is 1. The van der Waals surface area contributed by atoms with E-state index in [1.54, 1.807) is 0 Å². The van der Waals surface area contributed by atoms with E-state index in [1.165, 1.54) is 30.1 Å². The number of aryl methyl sites for hydroxylation is 1. The molecule has 0 aliphatic heterocycles. The fourth-order valence-electron chi connectivity index (χ4n) is 3.85. The van der Waals surface area contributed by atoms with Crippen molar-refractivity contribution in [3.8, 4) is 29.0 Å². The Hall–Kier alpha value is -4.37. The highest BCUT2D eigenvalue weighted by molar-refractivity contribution is 5.85. The van der Waals surface area contributed by atoms with Crippen LogP contribution in [0.15, 0.2) is 30.6 Å². The molecule has 4 rings (SSSR count). The van der Waals surface area contributed by atoms with Crippen LogP contribution in [0.25, 0.3) is 22.3 Å². The summed E-state index contributed by atoms with van der Waals surface area (Å²) < 4.78 is 86.6. The van der Waals surface area contributed by atoms with Gasteiger partial charge in [-0.05, 0) is 66.7 Å². The normalized spacial score (nSPS) is 14.0. The highest BCUT2D eigenvalue weighted by atomic mass is 19.4. The number of rotatable bonds is 9. The van der Waals surface area contributed by atoms with Crippen molar-refractivity contribution in [1.29, 1.82) is 0 Å². The Morgan fingerprint density at radius 1 is 0.909 bits per heavy atom. The van der Waals surface area contributed by atoms with E-state index in [0.717, 1.165) is 19.2 Å². The molecule has 0 fully saturated rings. The SMILES string of the molecule is C[C@H](Nc1cc([C@@H](Oc2nn(C)c3nnc(-c4cnc(OC(C)(C)C)nc4OC(C)(C)C)cc23)C(F)F)ccn1)C(F)(F)F. The van der Waals surface area contributed by atoms with Gasteiger partial charge in [0.15, 0.2) is 11.8 Å². The van der Waals surface area contributed by atoms with E-state index in [9.17, 15) is 22.0 Å². The molecule has 0 bridgehead atoms. The maximum absolute atomic E-state index is 14.3. The Labute approximate surface area is 250 Å². The first-order valence-corrected chi connectivity index (χ1v) is 13.5. The van der Waals surface area contributed by atoms with Gasteiger partial charge in [0.1, 0.15) is 28.8 Å². The summed E-state index contributed by atoms with van der Waals surface area (Å²) in [5.41, 5.74) is -0.550. The molecule has 16 heteroatoms. The molecule has 0 aliphatic carbocycles. The van der Waals surface area contributed by atoms with Crippen LogP contribution < -0.4 is 19.5 Å². The van der Waals surface area contributed by atoms with Crippen molar-refractivity contribution in [3.63, 3.8) is 0 Å². The smallest absolute Gasteiger partial charge is 0.408 e. The van der Waals surface area contributed by atoms with Gasteiger partial charge < -0.3 is 19.5 Å². The fourth-order valence-corrected chi connectivity index (χ4v) is 3.85. The minimum Gasteiger partial charge on any atom is -0.471 e. The number of nitrogens with one attached hydrogen (secondary N) is 1.